The monoisotopic (exact) mass is 601 g/mol. The van der Waals surface area contributed by atoms with Crippen molar-refractivity contribution in [3.05, 3.63) is 84.4 Å². The van der Waals surface area contributed by atoms with E-state index in [0.717, 1.165) is 0 Å². The Morgan fingerprint density at radius 3 is 2.00 bits per heavy atom. The van der Waals surface area contributed by atoms with E-state index in [4.69, 9.17) is 9.47 Å². The third-order valence-electron chi connectivity index (χ3n) is 7.95. The first-order valence-electron chi connectivity index (χ1n) is 14.6. The molecule has 0 radical (unpaired) electrons. The van der Waals surface area contributed by atoms with Crippen LogP contribution >= 0.6 is 0 Å². The topological polar surface area (TPSA) is 134 Å². The minimum absolute atomic E-state index is 0.189. The first-order chi connectivity index (χ1) is 21.1. The van der Waals surface area contributed by atoms with Crippen LogP contribution in [0.1, 0.15) is 38.7 Å². The number of anilines is 2. The Kier molecular flexibility index (Phi) is 10.4. The van der Waals surface area contributed by atoms with E-state index < -0.39 is 47.4 Å². The number of carbonyl (C=O) groups is 4. The van der Waals surface area contributed by atoms with E-state index in [0.29, 0.717) is 30.0 Å². The number of methoxy groups -OCH3 is 1. The molecule has 0 bridgehead atoms. The summed E-state index contributed by atoms with van der Waals surface area (Å²) in [4.78, 5) is 55.5. The Morgan fingerprint density at radius 1 is 0.886 bits per heavy atom. The molecule has 0 saturated heterocycles. The highest BCUT2D eigenvalue weighted by Crippen LogP contribution is 2.48. The van der Waals surface area contributed by atoms with Crippen LogP contribution in [-0.2, 0) is 19.2 Å². The number of rotatable bonds is 11. The molecular formula is C34H39N3O7. The Bertz CT molecular complexity index is 1470. The number of nitrogens with one attached hydrogen (secondary N) is 2. The molecule has 4 rings (SSSR count). The van der Waals surface area contributed by atoms with Crippen LogP contribution in [0.2, 0.25) is 0 Å². The average Bonchev–Trinajstić information content (AvgIpc) is 3.00. The fraction of sp³-hybridized carbons (Fsp3) is 0.353. The largest absolute Gasteiger partial charge is 0.493 e. The molecular weight excluding hydrogens is 562 g/mol. The number of hydrogen-bond donors (Lipinski definition) is 3. The zero-order valence-electron chi connectivity index (χ0n) is 25.4. The highest BCUT2D eigenvalue weighted by Gasteiger charge is 2.56. The second-order valence-corrected chi connectivity index (χ2v) is 11.0. The molecule has 1 aliphatic rings. The van der Waals surface area contributed by atoms with Gasteiger partial charge in [-0.25, -0.2) is 0 Å². The lowest BCUT2D eigenvalue weighted by Gasteiger charge is -2.44. The number of carbonyl (C=O) groups excluding carboxylic acids is 4. The molecule has 3 aromatic rings. The van der Waals surface area contributed by atoms with Crippen LogP contribution in [0.4, 0.5) is 11.4 Å². The summed E-state index contributed by atoms with van der Waals surface area (Å²) in [6.07, 6.45) is -0.394. The fourth-order valence-corrected chi connectivity index (χ4v) is 5.79. The highest BCUT2D eigenvalue weighted by atomic mass is 16.5. The van der Waals surface area contributed by atoms with E-state index in [1.54, 1.807) is 77.7 Å². The molecule has 3 amide bonds. The van der Waals surface area contributed by atoms with Gasteiger partial charge < -0.3 is 30.1 Å². The summed E-state index contributed by atoms with van der Waals surface area (Å²) < 4.78 is 11.4. The molecule has 4 unspecified atom stereocenters. The Labute approximate surface area is 257 Å². The van der Waals surface area contributed by atoms with Crippen molar-refractivity contribution in [2.75, 3.05) is 37.4 Å². The smallest absolute Gasteiger partial charge is 0.260 e. The van der Waals surface area contributed by atoms with Gasteiger partial charge in [0.25, 0.3) is 5.91 Å². The number of aliphatic hydroxyl groups is 1. The number of ether oxygens (including phenoxy) is 2. The van der Waals surface area contributed by atoms with Crippen molar-refractivity contribution in [2.24, 2.45) is 11.8 Å². The van der Waals surface area contributed by atoms with Gasteiger partial charge in [0.15, 0.2) is 18.1 Å². The summed E-state index contributed by atoms with van der Waals surface area (Å²) in [6, 6.07) is 22.3. The van der Waals surface area contributed by atoms with Crippen LogP contribution in [0.15, 0.2) is 78.9 Å². The lowest BCUT2D eigenvalue weighted by atomic mass is 9.61. The molecule has 1 fully saturated rings. The van der Waals surface area contributed by atoms with Crippen molar-refractivity contribution in [1.82, 2.24) is 4.90 Å². The lowest BCUT2D eigenvalue weighted by Crippen LogP contribution is -2.56. The fourth-order valence-electron chi connectivity index (χ4n) is 5.79. The first-order valence-corrected chi connectivity index (χ1v) is 14.6. The number of para-hydroxylation sites is 2. The number of benzene rings is 3. The van der Waals surface area contributed by atoms with Crippen molar-refractivity contribution in [3.8, 4) is 11.5 Å². The molecule has 0 heterocycles. The van der Waals surface area contributed by atoms with Gasteiger partial charge in [-0.1, -0.05) is 42.5 Å². The van der Waals surface area contributed by atoms with Gasteiger partial charge in [0.1, 0.15) is 11.7 Å². The molecule has 0 spiro atoms. The van der Waals surface area contributed by atoms with Gasteiger partial charge in [0.2, 0.25) is 11.8 Å². The Hall–Kier alpha value is -4.70. The summed E-state index contributed by atoms with van der Waals surface area (Å²) in [5.41, 5.74) is -0.360. The maximum atomic E-state index is 13.9. The molecule has 44 heavy (non-hydrogen) atoms. The number of likely N-dealkylation sites (N-methyl/N-ethyl adjacent to an activating group) is 1. The lowest BCUT2D eigenvalue weighted by molar-refractivity contribution is -0.150. The molecule has 0 aliphatic heterocycles. The van der Waals surface area contributed by atoms with E-state index in [-0.39, 0.29) is 24.0 Å². The van der Waals surface area contributed by atoms with Crippen molar-refractivity contribution < 1.29 is 33.8 Å². The number of hydrogen-bond acceptors (Lipinski definition) is 7. The maximum absolute atomic E-state index is 13.9. The predicted molar refractivity (Wildman–Crippen MR) is 167 cm³/mol. The van der Waals surface area contributed by atoms with Gasteiger partial charge in [-0.2, -0.15) is 0 Å². The molecule has 0 aromatic heterocycles. The van der Waals surface area contributed by atoms with Gasteiger partial charge in [-0.3, -0.25) is 19.2 Å². The minimum atomic E-state index is -1.78. The van der Waals surface area contributed by atoms with Crippen molar-refractivity contribution in [3.63, 3.8) is 0 Å². The van der Waals surface area contributed by atoms with Crippen LogP contribution in [-0.4, -0.2) is 65.9 Å². The minimum Gasteiger partial charge on any atom is -0.493 e. The van der Waals surface area contributed by atoms with Gasteiger partial charge in [-0.05, 0) is 62.7 Å². The summed E-state index contributed by atoms with van der Waals surface area (Å²) in [6.45, 7) is 6.08. The van der Waals surface area contributed by atoms with Gasteiger partial charge in [-0.15, -0.1) is 0 Å². The van der Waals surface area contributed by atoms with Crippen molar-refractivity contribution in [2.45, 2.75) is 38.7 Å². The zero-order valence-corrected chi connectivity index (χ0v) is 25.4. The highest BCUT2D eigenvalue weighted by molar-refractivity contribution is 6.10. The second-order valence-electron chi connectivity index (χ2n) is 11.0. The summed E-state index contributed by atoms with van der Waals surface area (Å²) >= 11 is 0. The Morgan fingerprint density at radius 2 is 1.45 bits per heavy atom. The van der Waals surface area contributed by atoms with Crippen LogP contribution in [0, 0.1) is 11.8 Å². The van der Waals surface area contributed by atoms with E-state index in [1.165, 1.54) is 14.0 Å². The van der Waals surface area contributed by atoms with E-state index in [9.17, 15) is 24.3 Å². The summed E-state index contributed by atoms with van der Waals surface area (Å²) in [7, 11) is 1.43. The molecule has 10 nitrogen and oxygen atoms in total. The zero-order chi connectivity index (χ0) is 31.9. The van der Waals surface area contributed by atoms with Crippen LogP contribution in [0.25, 0.3) is 0 Å². The van der Waals surface area contributed by atoms with Crippen LogP contribution < -0.4 is 20.1 Å². The Balaban J connectivity index is 1.75. The first kappa shape index (κ1) is 32.2. The second kappa shape index (κ2) is 14.2. The molecule has 3 N–H and O–H groups in total. The molecule has 1 saturated carbocycles. The standard InChI is InChI=1S/C34H39N3O7/c1-5-37(6-2)28(39)21-44-26-18-17-22(19-27(26)43-4)29-30(32(40)35-23-13-9-7-10-14-23)25(38)20-34(3,42)31(29)33(41)36-24-15-11-8-12-16-24/h7-19,29-31,42H,5-6,20-21H2,1-4H3,(H,35,40)(H,36,41). The summed E-state index contributed by atoms with van der Waals surface area (Å²) in [5.74, 6) is -4.87. The van der Waals surface area contributed by atoms with Crippen LogP contribution in [0.3, 0.4) is 0 Å². The third-order valence-corrected chi connectivity index (χ3v) is 7.95. The molecule has 3 aromatic carbocycles. The summed E-state index contributed by atoms with van der Waals surface area (Å²) in [5, 5.41) is 17.2. The average molecular weight is 602 g/mol. The number of Topliss-reactive ketones (excluding diaryl/α,β-unsaturated/α-hetero) is 1. The van der Waals surface area contributed by atoms with Crippen molar-refractivity contribution in [1.29, 1.82) is 0 Å². The third kappa shape index (κ3) is 7.26. The van der Waals surface area contributed by atoms with E-state index in [2.05, 4.69) is 10.6 Å². The van der Waals surface area contributed by atoms with E-state index >= 15 is 0 Å². The molecule has 4 atom stereocenters. The number of amides is 3. The quantitative estimate of drug-likeness (QED) is 0.280. The number of nitrogens with zero attached hydrogens (tertiary/aromatic N) is 1. The predicted octanol–water partition coefficient (Wildman–Crippen LogP) is 4.26. The van der Waals surface area contributed by atoms with Gasteiger partial charge in [0, 0.05) is 36.8 Å². The normalized spacial score (nSPS) is 21.2. The van der Waals surface area contributed by atoms with E-state index in [1.807, 2.05) is 19.9 Å². The van der Waals surface area contributed by atoms with Crippen molar-refractivity contribution >= 4 is 34.9 Å². The van der Waals surface area contributed by atoms with Crippen LogP contribution in [0.5, 0.6) is 11.5 Å². The SMILES string of the molecule is CCN(CC)C(=O)COc1ccc(C2C(C(=O)Nc3ccccc3)C(=O)CC(C)(O)C2C(=O)Nc2ccccc2)cc1OC. The van der Waals surface area contributed by atoms with Gasteiger partial charge in [0.05, 0.1) is 18.6 Å². The molecule has 10 heteroatoms. The molecule has 232 valence electrons. The number of ketones is 1. The maximum Gasteiger partial charge on any atom is 0.260 e. The van der Waals surface area contributed by atoms with Gasteiger partial charge >= 0.3 is 0 Å². The molecule has 1 aliphatic carbocycles.